The predicted molar refractivity (Wildman–Crippen MR) is 85.0 cm³/mol. The zero-order valence-corrected chi connectivity index (χ0v) is 14.1. The Morgan fingerprint density at radius 2 is 2.24 bits per heavy atom. The van der Waals surface area contributed by atoms with E-state index >= 15 is 0 Å². The van der Waals surface area contributed by atoms with Crippen molar-refractivity contribution in [1.29, 1.82) is 0 Å². The third kappa shape index (κ3) is 1.40. The van der Waals surface area contributed by atoms with Crippen molar-refractivity contribution in [2.24, 2.45) is 22.7 Å². The minimum atomic E-state index is -1.16. The zero-order valence-electron chi connectivity index (χ0n) is 14.1. The van der Waals surface area contributed by atoms with Crippen molar-refractivity contribution in [2.45, 2.75) is 56.0 Å². The fraction of sp³-hybridized carbons (Fsp3) is 0.684. The van der Waals surface area contributed by atoms with E-state index in [9.17, 15) is 19.8 Å². The van der Waals surface area contributed by atoms with Crippen LogP contribution in [-0.2, 0) is 19.1 Å². The quantitative estimate of drug-likeness (QED) is 0.438. The van der Waals surface area contributed by atoms with Crippen molar-refractivity contribution in [2.75, 3.05) is 0 Å². The number of esters is 1. The first kappa shape index (κ1) is 15.6. The normalized spacial score (nSPS) is 57.9. The van der Waals surface area contributed by atoms with Gasteiger partial charge in [-0.3, -0.25) is 9.59 Å². The Bertz CT molecular complexity index is 744. The smallest absolute Gasteiger partial charge is 0.316 e. The van der Waals surface area contributed by atoms with E-state index in [1.165, 1.54) is 0 Å². The second-order valence-electron chi connectivity index (χ2n) is 8.77. The van der Waals surface area contributed by atoms with E-state index in [1.54, 1.807) is 19.1 Å². The molecule has 8 atom stereocenters. The minimum Gasteiger partial charge on any atom is -0.463 e. The molecule has 6 heteroatoms. The highest BCUT2D eigenvalue weighted by Crippen LogP contribution is 2.75. The van der Waals surface area contributed by atoms with Gasteiger partial charge in [0.2, 0.25) is 0 Å². The van der Waals surface area contributed by atoms with Gasteiger partial charge in [-0.15, -0.1) is 0 Å². The lowest BCUT2D eigenvalue weighted by atomic mass is 9.63. The number of rotatable bonds is 2. The second kappa shape index (κ2) is 4.18. The highest BCUT2D eigenvalue weighted by Gasteiger charge is 2.83. The van der Waals surface area contributed by atoms with Crippen LogP contribution in [0.2, 0.25) is 0 Å². The topological polar surface area (TPSA) is 93.1 Å². The summed E-state index contributed by atoms with van der Waals surface area (Å²) in [7, 11) is 0. The first-order valence-corrected chi connectivity index (χ1v) is 8.85. The van der Waals surface area contributed by atoms with E-state index < -0.39 is 46.1 Å². The lowest BCUT2D eigenvalue weighted by molar-refractivity contribution is -0.166. The Labute approximate surface area is 145 Å². The van der Waals surface area contributed by atoms with Crippen LogP contribution in [0, 0.1) is 22.7 Å². The van der Waals surface area contributed by atoms with Crippen LogP contribution < -0.4 is 0 Å². The number of aliphatic hydroxyl groups is 2. The van der Waals surface area contributed by atoms with Crippen molar-refractivity contribution >= 4 is 12.4 Å². The molecule has 1 spiro atoms. The molecule has 25 heavy (non-hydrogen) atoms. The SMILES string of the molecule is C=C1C[C@]23C[C@@]1(O)CCC2[C@@]12C=C[C@H](O)[C@](C)(C(=O)O1)[C@H]2[C@@H]3OC=O. The lowest BCUT2D eigenvalue weighted by Gasteiger charge is -2.44. The molecule has 4 bridgehead atoms. The molecule has 0 aromatic carbocycles. The summed E-state index contributed by atoms with van der Waals surface area (Å²) in [6.45, 7) is 6.19. The number of carbonyl (C=O) groups is 2. The maximum absolute atomic E-state index is 12.7. The first-order valence-electron chi connectivity index (χ1n) is 8.85. The van der Waals surface area contributed by atoms with Crippen LogP contribution in [0.5, 0.6) is 0 Å². The fourth-order valence-electron chi connectivity index (χ4n) is 6.92. The van der Waals surface area contributed by atoms with Crippen molar-refractivity contribution in [3.05, 3.63) is 24.3 Å². The van der Waals surface area contributed by atoms with Gasteiger partial charge in [-0.05, 0) is 44.3 Å². The van der Waals surface area contributed by atoms with E-state index in [4.69, 9.17) is 9.47 Å². The molecule has 4 aliphatic carbocycles. The predicted octanol–water partition coefficient (Wildman–Crippen LogP) is 0.868. The van der Waals surface area contributed by atoms with Crippen LogP contribution in [0.15, 0.2) is 24.3 Å². The first-order chi connectivity index (χ1) is 11.7. The molecule has 0 aromatic heterocycles. The molecule has 1 unspecified atom stereocenters. The Morgan fingerprint density at radius 1 is 1.48 bits per heavy atom. The number of ether oxygens (including phenoxy) is 2. The number of hydrogen-bond acceptors (Lipinski definition) is 6. The zero-order chi connectivity index (χ0) is 17.8. The molecule has 2 N–H and O–H groups in total. The molecular weight excluding hydrogens is 324 g/mol. The summed E-state index contributed by atoms with van der Waals surface area (Å²) in [5.41, 5.74) is -2.73. The van der Waals surface area contributed by atoms with Crippen LogP contribution in [0.1, 0.15) is 32.6 Å². The van der Waals surface area contributed by atoms with Crippen molar-refractivity contribution in [3.8, 4) is 0 Å². The molecule has 0 aromatic rings. The Hall–Kier alpha value is -1.66. The molecule has 3 saturated carbocycles. The molecule has 0 amide bonds. The summed E-state index contributed by atoms with van der Waals surface area (Å²) in [4.78, 5) is 24.0. The third-order valence-electron chi connectivity index (χ3n) is 7.97. The molecule has 1 aliphatic heterocycles. The molecular formula is C19H22O6. The van der Waals surface area contributed by atoms with Gasteiger partial charge >= 0.3 is 5.97 Å². The molecule has 5 rings (SSSR count). The lowest BCUT2D eigenvalue weighted by Crippen LogP contribution is -2.51. The number of carbonyl (C=O) groups excluding carboxylic acids is 2. The fourth-order valence-corrected chi connectivity index (χ4v) is 6.92. The van der Waals surface area contributed by atoms with Crippen LogP contribution in [0.25, 0.3) is 0 Å². The Morgan fingerprint density at radius 3 is 2.96 bits per heavy atom. The second-order valence-corrected chi connectivity index (χ2v) is 8.77. The Balaban J connectivity index is 1.75. The van der Waals surface area contributed by atoms with Gasteiger partial charge in [0.15, 0.2) is 0 Å². The number of fused-ring (bicyclic) bond motifs is 1. The van der Waals surface area contributed by atoms with Gasteiger partial charge < -0.3 is 19.7 Å². The van der Waals surface area contributed by atoms with Crippen molar-refractivity contribution < 1.29 is 29.3 Å². The maximum Gasteiger partial charge on any atom is 0.316 e. The number of aliphatic hydroxyl groups excluding tert-OH is 1. The maximum atomic E-state index is 12.7. The van der Waals surface area contributed by atoms with Gasteiger partial charge in [0, 0.05) is 11.3 Å². The van der Waals surface area contributed by atoms with Crippen LogP contribution in [0.3, 0.4) is 0 Å². The molecule has 0 radical (unpaired) electrons. The Kier molecular flexibility index (Phi) is 2.60. The van der Waals surface area contributed by atoms with E-state index in [2.05, 4.69) is 6.58 Å². The molecule has 1 saturated heterocycles. The molecule has 5 aliphatic rings. The van der Waals surface area contributed by atoms with Crippen LogP contribution >= 0.6 is 0 Å². The van der Waals surface area contributed by atoms with Gasteiger partial charge in [-0.2, -0.15) is 0 Å². The van der Waals surface area contributed by atoms with Gasteiger partial charge in [0.25, 0.3) is 6.47 Å². The summed E-state index contributed by atoms with van der Waals surface area (Å²) in [6.07, 6.45) is 4.08. The van der Waals surface area contributed by atoms with Crippen LogP contribution in [0.4, 0.5) is 0 Å². The largest absolute Gasteiger partial charge is 0.463 e. The summed E-state index contributed by atoms with van der Waals surface area (Å²) < 4.78 is 11.5. The highest BCUT2D eigenvalue weighted by molar-refractivity contribution is 5.83. The minimum absolute atomic E-state index is 0.0657. The van der Waals surface area contributed by atoms with Crippen molar-refractivity contribution in [1.82, 2.24) is 0 Å². The van der Waals surface area contributed by atoms with E-state index in [1.807, 2.05) is 0 Å². The standard InChI is InChI=1S/C19H22O6/c1-10-7-17-8-18(10,23)5-3-11(17)19-6-4-12(21)16(2,15(22)25-19)13(19)14(17)24-9-20/h4,6,9,11-14,21,23H,1,3,5,7-8H2,2H3/t11?,12-,13+,14-,16-,17-,18-,19+/m0/s1. The third-order valence-corrected chi connectivity index (χ3v) is 7.97. The molecule has 4 fully saturated rings. The summed E-state index contributed by atoms with van der Waals surface area (Å²) in [5.74, 6) is -0.970. The van der Waals surface area contributed by atoms with E-state index in [-0.39, 0.29) is 5.92 Å². The van der Waals surface area contributed by atoms with E-state index in [0.29, 0.717) is 32.2 Å². The van der Waals surface area contributed by atoms with Crippen LogP contribution in [-0.4, -0.2) is 46.1 Å². The molecule has 134 valence electrons. The summed E-state index contributed by atoms with van der Waals surface area (Å²) >= 11 is 0. The van der Waals surface area contributed by atoms with Crippen molar-refractivity contribution in [3.63, 3.8) is 0 Å². The van der Waals surface area contributed by atoms with E-state index in [0.717, 1.165) is 5.57 Å². The van der Waals surface area contributed by atoms with Gasteiger partial charge in [-0.1, -0.05) is 12.7 Å². The highest BCUT2D eigenvalue weighted by atomic mass is 16.6. The molecule has 1 heterocycles. The monoisotopic (exact) mass is 346 g/mol. The summed E-state index contributed by atoms with van der Waals surface area (Å²) in [5, 5.41) is 21.5. The van der Waals surface area contributed by atoms with Gasteiger partial charge in [-0.25, -0.2) is 0 Å². The van der Waals surface area contributed by atoms with Gasteiger partial charge in [0.05, 0.1) is 17.6 Å². The van der Waals surface area contributed by atoms with Gasteiger partial charge in [0.1, 0.15) is 17.1 Å². The summed E-state index contributed by atoms with van der Waals surface area (Å²) in [6, 6.07) is 0. The average molecular weight is 346 g/mol. The average Bonchev–Trinajstić information content (AvgIpc) is 2.97. The number of hydrogen-bond donors (Lipinski definition) is 2. The molecule has 6 nitrogen and oxygen atoms in total.